The SMILES string of the molecule is CC1(C)OC2C3(CCCC3)C(=O)OCC23C1C(=O)C(O)C1(C2CCCC2)C3CCC2(C)C(c3ccoc3)OC(=O)C3OC321. The van der Waals surface area contributed by atoms with Crippen LogP contribution < -0.4 is 0 Å². The number of furan rings is 1. The molecule has 5 heterocycles. The van der Waals surface area contributed by atoms with Crippen LogP contribution in [0.1, 0.15) is 96.6 Å². The largest absolute Gasteiger partial charge is 0.472 e. The van der Waals surface area contributed by atoms with Crippen molar-refractivity contribution < 1.29 is 42.9 Å². The third-order valence-corrected chi connectivity index (χ3v) is 14.2. The van der Waals surface area contributed by atoms with Gasteiger partial charge in [-0.25, -0.2) is 4.79 Å². The molecule has 4 aliphatic heterocycles. The van der Waals surface area contributed by atoms with E-state index in [1.54, 1.807) is 12.5 Å². The van der Waals surface area contributed by atoms with Crippen molar-refractivity contribution in [3.8, 4) is 0 Å². The molecule has 0 radical (unpaired) electrons. The number of fused-ring (bicyclic) bond motifs is 2. The molecule has 8 aliphatic rings. The lowest BCUT2D eigenvalue weighted by Gasteiger charge is -2.70. The van der Waals surface area contributed by atoms with E-state index in [-0.39, 0.29) is 30.2 Å². The Labute approximate surface area is 251 Å². The summed E-state index contributed by atoms with van der Waals surface area (Å²) in [7, 11) is 0. The molecule has 4 aliphatic carbocycles. The van der Waals surface area contributed by atoms with Crippen LogP contribution in [0.3, 0.4) is 0 Å². The van der Waals surface area contributed by atoms with Crippen molar-refractivity contribution in [1.29, 1.82) is 0 Å². The molecular weight excluding hydrogens is 552 g/mol. The van der Waals surface area contributed by atoms with Gasteiger partial charge in [0.05, 0.1) is 35.6 Å². The standard InChI is InChI=1S/C34H42O9/c1-29(2)22-21(35)23(36)33(19-8-4-5-9-19)20(32(22)17-40-28(38)31(27(32)43-29)12-6-7-13-31)10-14-30(3)24(18-11-15-39-16-18)41-26(37)25-34(30,33)42-25/h11,15-16,19-20,22-25,27,36H,4-10,12-14,17H2,1-3H3. The quantitative estimate of drug-likeness (QED) is 0.391. The summed E-state index contributed by atoms with van der Waals surface area (Å²) in [6, 6.07) is 1.83. The molecule has 9 rings (SSSR count). The Bertz CT molecular complexity index is 1400. The van der Waals surface area contributed by atoms with Crippen molar-refractivity contribution in [2.45, 2.75) is 121 Å². The van der Waals surface area contributed by atoms with Crippen molar-refractivity contribution in [3.05, 3.63) is 24.2 Å². The number of aliphatic hydroxyl groups is 1. The molecule has 0 aromatic carbocycles. The molecule has 43 heavy (non-hydrogen) atoms. The van der Waals surface area contributed by atoms with E-state index in [9.17, 15) is 14.7 Å². The van der Waals surface area contributed by atoms with Crippen LogP contribution in [0.2, 0.25) is 0 Å². The highest BCUT2D eigenvalue weighted by Gasteiger charge is 2.93. The minimum Gasteiger partial charge on any atom is -0.472 e. The lowest BCUT2D eigenvalue weighted by Crippen LogP contribution is -2.79. The molecule has 1 aromatic heterocycles. The van der Waals surface area contributed by atoms with Gasteiger partial charge in [-0.05, 0) is 70.3 Å². The fourth-order valence-electron chi connectivity index (χ4n) is 13.0. The number of epoxide rings is 1. The van der Waals surface area contributed by atoms with E-state index >= 15 is 4.79 Å². The minimum atomic E-state index is -1.34. The average Bonchev–Trinajstić information content (AvgIpc) is 3.52. The van der Waals surface area contributed by atoms with Gasteiger partial charge in [0, 0.05) is 21.8 Å². The van der Waals surface area contributed by atoms with E-state index in [1.165, 1.54) is 0 Å². The second-order valence-corrected chi connectivity index (χ2v) is 15.9. The van der Waals surface area contributed by atoms with Gasteiger partial charge >= 0.3 is 11.9 Å². The molecule has 0 amide bonds. The number of ether oxygens (including phenoxy) is 4. The average molecular weight is 595 g/mol. The summed E-state index contributed by atoms with van der Waals surface area (Å²) in [5, 5.41) is 12.7. The van der Waals surface area contributed by atoms with Gasteiger partial charge in [-0.1, -0.05) is 32.6 Å². The van der Waals surface area contributed by atoms with E-state index in [4.69, 9.17) is 23.4 Å². The van der Waals surface area contributed by atoms with Crippen molar-refractivity contribution in [2.24, 2.45) is 39.4 Å². The second-order valence-electron chi connectivity index (χ2n) is 15.9. The molecule has 10 unspecified atom stereocenters. The van der Waals surface area contributed by atoms with Crippen molar-refractivity contribution in [1.82, 2.24) is 0 Å². The number of carbonyl (C=O) groups excluding carboxylic acids is 3. The van der Waals surface area contributed by atoms with Gasteiger partial charge in [0.25, 0.3) is 0 Å². The van der Waals surface area contributed by atoms with Crippen LogP contribution in [0, 0.1) is 39.4 Å². The highest BCUT2D eigenvalue weighted by atomic mass is 16.7. The zero-order valence-corrected chi connectivity index (χ0v) is 25.3. The zero-order valence-electron chi connectivity index (χ0n) is 25.3. The number of carbonyl (C=O) groups is 3. The summed E-state index contributed by atoms with van der Waals surface area (Å²) in [6.07, 6.45) is 8.09. The summed E-state index contributed by atoms with van der Waals surface area (Å²) < 4.78 is 31.6. The van der Waals surface area contributed by atoms with E-state index < -0.39 is 69.2 Å². The summed E-state index contributed by atoms with van der Waals surface area (Å²) in [4.78, 5) is 42.5. The highest BCUT2D eigenvalue weighted by molar-refractivity contribution is 5.92. The van der Waals surface area contributed by atoms with Gasteiger partial charge in [0.15, 0.2) is 11.9 Å². The first-order chi connectivity index (χ1) is 20.5. The maximum atomic E-state index is 15.0. The highest BCUT2D eigenvalue weighted by Crippen LogP contribution is 2.83. The Balaban J connectivity index is 1.31. The first kappa shape index (κ1) is 27.1. The molecule has 232 valence electrons. The van der Waals surface area contributed by atoms with Gasteiger partial charge in [-0.15, -0.1) is 0 Å². The van der Waals surface area contributed by atoms with E-state index in [0.717, 1.165) is 44.1 Å². The molecule has 1 aromatic rings. The van der Waals surface area contributed by atoms with E-state index in [2.05, 4.69) is 6.92 Å². The Hall–Kier alpha value is -2.23. The molecule has 0 bridgehead atoms. The fourth-order valence-corrected chi connectivity index (χ4v) is 13.0. The third-order valence-electron chi connectivity index (χ3n) is 14.2. The van der Waals surface area contributed by atoms with Gasteiger partial charge in [-0.3, -0.25) is 9.59 Å². The predicted molar refractivity (Wildman–Crippen MR) is 148 cm³/mol. The number of cyclic esters (lactones) is 2. The summed E-state index contributed by atoms with van der Waals surface area (Å²) in [5.74, 6) is -1.80. The van der Waals surface area contributed by atoms with Crippen LogP contribution in [0.25, 0.3) is 0 Å². The van der Waals surface area contributed by atoms with Crippen molar-refractivity contribution >= 4 is 17.7 Å². The van der Waals surface area contributed by atoms with Gasteiger partial charge in [0.2, 0.25) is 0 Å². The zero-order chi connectivity index (χ0) is 29.8. The number of rotatable bonds is 2. The van der Waals surface area contributed by atoms with Crippen LogP contribution in [-0.4, -0.2) is 58.9 Å². The number of hydrogen-bond donors (Lipinski definition) is 1. The molecule has 9 heteroatoms. The van der Waals surface area contributed by atoms with Crippen LogP contribution in [0.15, 0.2) is 23.0 Å². The molecular formula is C34H42O9. The molecule has 3 spiro atoms. The number of ketones is 1. The second kappa shape index (κ2) is 8.13. The molecule has 1 N–H and O–H groups in total. The monoisotopic (exact) mass is 594 g/mol. The third kappa shape index (κ3) is 2.71. The Kier molecular flexibility index (Phi) is 5.12. The van der Waals surface area contributed by atoms with Crippen LogP contribution in [0.5, 0.6) is 0 Å². The maximum absolute atomic E-state index is 15.0. The topological polar surface area (TPSA) is 125 Å². The Morgan fingerprint density at radius 3 is 2.35 bits per heavy atom. The van der Waals surface area contributed by atoms with Crippen LogP contribution in [0.4, 0.5) is 0 Å². The fraction of sp³-hybridized carbons (Fsp3) is 0.794. The van der Waals surface area contributed by atoms with Crippen LogP contribution in [-0.2, 0) is 33.3 Å². The first-order valence-electron chi connectivity index (χ1n) is 16.5. The smallest absolute Gasteiger partial charge is 0.339 e. The van der Waals surface area contributed by atoms with E-state index in [1.807, 2.05) is 19.9 Å². The molecule has 4 saturated heterocycles. The van der Waals surface area contributed by atoms with Gasteiger partial charge in [0.1, 0.15) is 24.4 Å². The van der Waals surface area contributed by atoms with Crippen molar-refractivity contribution in [2.75, 3.05) is 6.61 Å². The molecule has 8 fully saturated rings. The van der Waals surface area contributed by atoms with E-state index in [0.29, 0.717) is 25.7 Å². The van der Waals surface area contributed by atoms with Gasteiger partial charge in [-0.2, -0.15) is 0 Å². The molecule has 10 atom stereocenters. The number of aliphatic hydroxyl groups excluding tert-OH is 1. The van der Waals surface area contributed by atoms with Gasteiger partial charge < -0.3 is 28.5 Å². The summed E-state index contributed by atoms with van der Waals surface area (Å²) >= 11 is 0. The lowest BCUT2D eigenvalue weighted by molar-refractivity contribution is -0.281. The number of hydrogen-bond acceptors (Lipinski definition) is 9. The predicted octanol–water partition coefficient (Wildman–Crippen LogP) is 4.45. The lowest BCUT2D eigenvalue weighted by atomic mass is 9.32. The Morgan fingerprint density at radius 1 is 0.907 bits per heavy atom. The number of esters is 2. The van der Waals surface area contributed by atoms with Crippen LogP contribution >= 0.6 is 0 Å². The molecule has 9 nitrogen and oxygen atoms in total. The Morgan fingerprint density at radius 2 is 1.65 bits per heavy atom. The molecule has 4 saturated carbocycles. The summed E-state index contributed by atoms with van der Waals surface area (Å²) in [5.41, 5.74) is -4.62. The number of Topliss-reactive ketones (excluding diaryl/α,β-unsaturated/α-hetero) is 1. The maximum Gasteiger partial charge on any atom is 0.339 e. The summed E-state index contributed by atoms with van der Waals surface area (Å²) in [6.45, 7) is 6.12. The first-order valence-corrected chi connectivity index (χ1v) is 16.5. The normalized spacial score (nSPS) is 50.7. The van der Waals surface area contributed by atoms with Crippen molar-refractivity contribution in [3.63, 3.8) is 0 Å². The minimum absolute atomic E-state index is 0.0335.